The van der Waals surface area contributed by atoms with E-state index in [1.54, 1.807) is 41.1 Å². The van der Waals surface area contributed by atoms with Crippen LogP contribution in [0.1, 0.15) is 5.69 Å². The molecule has 0 saturated heterocycles. The van der Waals surface area contributed by atoms with E-state index in [1.807, 2.05) is 54.9 Å². The molecule has 0 spiro atoms. The van der Waals surface area contributed by atoms with Crippen LogP contribution in [-0.2, 0) is 0 Å². The maximum Gasteiger partial charge on any atom is 0.188 e. The average Bonchev–Trinajstić information content (AvgIpc) is 3.10. The van der Waals surface area contributed by atoms with Crippen LogP contribution in [0.3, 0.4) is 0 Å². The van der Waals surface area contributed by atoms with Crippen LogP contribution in [-0.4, -0.2) is 15.0 Å². The summed E-state index contributed by atoms with van der Waals surface area (Å²) < 4.78 is 0. The molecular weight excluding hydrogens is 392 g/mol. The molecule has 0 atom stereocenters. The molecule has 4 rings (SSSR count). The molecule has 0 aliphatic rings. The summed E-state index contributed by atoms with van der Waals surface area (Å²) in [6, 6.07) is 18.4. The van der Waals surface area contributed by atoms with Gasteiger partial charge >= 0.3 is 0 Å². The maximum absolute atomic E-state index is 4.66. The van der Waals surface area contributed by atoms with Gasteiger partial charge in [0.1, 0.15) is 10.8 Å². The Bertz CT molecular complexity index is 1020. The standard InChI is InChI=1S/C20H16N4S3/c1-14-13-25-20(23-14)24-19-17(26-15-7-3-2-4-8-15)11-16(12-22-19)27-18-9-5-6-10-21-18/h2-13H,1H3,(H,22,23,24). The Hall–Kier alpha value is -2.35. The highest BCUT2D eigenvalue weighted by molar-refractivity contribution is 8.00. The normalized spacial score (nSPS) is 10.7. The molecule has 0 aliphatic carbocycles. The number of thiazole rings is 1. The van der Waals surface area contributed by atoms with Gasteiger partial charge in [0.2, 0.25) is 0 Å². The number of aryl methyl sites for hydroxylation is 1. The molecule has 0 radical (unpaired) electrons. The smallest absolute Gasteiger partial charge is 0.188 e. The number of hydrogen-bond donors (Lipinski definition) is 1. The van der Waals surface area contributed by atoms with Gasteiger partial charge < -0.3 is 5.32 Å². The van der Waals surface area contributed by atoms with Crippen LogP contribution in [0.5, 0.6) is 0 Å². The Morgan fingerprint density at radius 3 is 2.52 bits per heavy atom. The molecule has 4 aromatic rings. The third-order valence-electron chi connectivity index (χ3n) is 3.50. The van der Waals surface area contributed by atoms with Crippen molar-refractivity contribution in [3.63, 3.8) is 0 Å². The Morgan fingerprint density at radius 2 is 1.78 bits per heavy atom. The molecule has 0 amide bonds. The van der Waals surface area contributed by atoms with Crippen LogP contribution < -0.4 is 5.32 Å². The summed E-state index contributed by atoms with van der Waals surface area (Å²) in [5.74, 6) is 0.809. The number of hydrogen-bond acceptors (Lipinski definition) is 7. The fourth-order valence-corrected chi connectivity index (χ4v) is 4.79. The van der Waals surface area contributed by atoms with Gasteiger partial charge in [0.25, 0.3) is 0 Å². The molecule has 3 heterocycles. The van der Waals surface area contributed by atoms with Crippen molar-refractivity contribution in [2.75, 3.05) is 5.32 Å². The summed E-state index contributed by atoms with van der Waals surface area (Å²) in [5, 5.41) is 7.18. The molecule has 0 fully saturated rings. The van der Waals surface area contributed by atoms with Crippen molar-refractivity contribution in [2.24, 2.45) is 0 Å². The fraction of sp³-hybridized carbons (Fsp3) is 0.0500. The number of nitrogens with one attached hydrogen (secondary N) is 1. The minimum Gasteiger partial charge on any atom is -0.315 e. The third-order valence-corrected chi connectivity index (χ3v) is 6.33. The van der Waals surface area contributed by atoms with E-state index in [1.165, 1.54) is 0 Å². The monoisotopic (exact) mass is 408 g/mol. The van der Waals surface area contributed by atoms with Crippen molar-refractivity contribution in [3.8, 4) is 0 Å². The minimum atomic E-state index is 0.809. The van der Waals surface area contributed by atoms with Crippen LogP contribution in [0.2, 0.25) is 0 Å². The van der Waals surface area contributed by atoms with Gasteiger partial charge in [-0.05, 0) is 37.3 Å². The molecule has 0 aliphatic heterocycles. The third kappa shape index (κ3) is 4.88. The second-order valence-electron chi connectivity index (χ2n) is 5.62. The number of nitrogens with zero attached hydrogens (tertiary/aromatic N) is 3. The lowest BCUT2D eigenvalue weighted by molar-refractivity contribution is 1.11. The molecule has 27 heavy (non-hydrogen) atoms. The van der Waals surface area contributed by atoms with Gasteiger partial charge in [0.15, 0.2) is 5.13 Å². The lowest BCUT2D eigenvalue weighted by atomic mass is 10.4. The van der Waals surface area contributed by atoms with Gasteiger partial charge in [-0.1, -0.05) is 47.8 Å². The number of benzene rings is 1. The first-order valence-corrected chi connectivity index (χ1v) is 10.8. The predicted molar refractivity (Wildman–Crippen MR) is 113 cm³/mol. The molecule has 1 N–H and O–H groups in total. The van der Waals surface area contributed by atoms with Gasteiger partial charge in [0.05, 0.1) is 10.6 Å². The van der Waals surface area contributed by atoms with Crippen LogP contribution >= 0.6 is 34.9 Å². The molecule has 1 aromatic carbocycles. The molecule has 0 bridgehead atoms. The van der Waals surface area contributed by atoms with E-state index in [4.69, 9.17) is 0 Å². The van der Waals surface area contributed by atoms with Crippen molar-refractivity contribution >= 4 is 45.8 Å². The first kappa shape index (κ1) is 18.0. The number of rotatable bonds is 6. The molecule has 7 heteroatoms. The molecule has 4 nitrogen and oxygen atoms in total. The van der Waals surface area contributed by atoms with E-state index in [0.717, 1.165) is 36.4 Å². The largest absolute Gasteiger partial charge is 0.315 e. The van der Waals surface area contributed by atoms with Crippen molar-refractivity contribution in [3.05, 3.63) is 78.1 Å². The fourth-order valence-electron chi connectivity index (χ4n) is 2.31. The summed E-state index contributed by atoms with van der Waals surface area (Å²) in [4.78, 5) is 16.8. The SMILES string of the molecule is Cc1csc(Nc2ncc(Sc3ccccn3)cc2Sc2ccccc2)n1. The van der Waals surface area contributed by atoms with Gasteiger partial charge in [0, 0.05) is 27.6 Å². The summed E-state index contributed by atoms with van der Waals surface area (Å²) in [7, 11) is 0. The molecule has 0 saturated carbocycles. The van der Waals surface area contributed by atoms with Crippen LogP contribution in [0.15, 0.2) is 92.1 Å². The van der Waals surface area contributed by atoms with E-state index in [-0.39, 0.29) is 0 Å². The average molecular weight is 409 g/mol. The minimum absolute atomic E-state index is 0.809. The Balaban J connectivity index is 1.64. The zero-order chi connectivity index (χ0) is 18.5. The van der Waals surface area contributed by atoms with Crippen LogP contribution in [0.25, 0.3) is 0 Å². The summed E-state index contributed by atoms with van der Waals surface area (Å²) in [5.41, 5.74) is 1.00. The maximum atomic E-state index is 4.66. The van der Waals surface area contributed by atoms with Gasteiger partial charge in [-0.3, -0.25) is 0 Å². The van der Waals surface area contributed by atoms with Gasteiger partial charge in [-0.2, -0.15) is 0 Å². The molecule has 3 aromatic heterocycles. The van der Waals surface area contributed by atoms with Crippen LogP contribution in [0, 0.1) is 6.92 Å². The highest BCUT2D eigenvalue weighted by atomic mass is 32.2. The first-order valence-electron chi connectivity index (χ1n) is 8.27. The molecule has 134 valence electrons. The molecule has 0 unspecified atom stereocenters. The van der Waals surface area contributed by atoms with E-state index >= 15 is 0 Å². The van der Waals surface area contributed by atoms with Crippen molar-refractivity contribution in [1.82, 2.24) is 15.0 Å². The van der Waals surface area contributed by atoms with Crippen molar-refractivity contribution in [2.45, 2.75) is 26.6 Å². The quantitative estimate of drug-likeness (QED) is 0.405. The summed E-state index contributed by atoms with van der Waals surface area (Å²) in [6.45, 7) is 1.99. The van der Waals surface area contributed by atoms with Crippen LogP contribution in [0.4, 0.5) is 10.9 Å². The molecular formula is C20H16N4S3. The van der Waals surface area contributed by atoms with E-state index in [9.17, 15) is 0 Å². The lowest BCUT2D eigenvalue weighted by Crippen LogP contribution is -1.96. The van der Waals surface area contributed by atoms with E-state index < -0.39 is 0 Å². The Kier molecular flexibility index (Phi) is 5.72. The van der Waals surface area contributed by atoms with E-state index in [2.05, 4.69) is 38.5 Å². The lowest BCUT2D eigenvalue weighted by Gasteiger charge is -2.11. The highest BCUT2D eigenvalue weighted by Gasteiger charge is 2.11. The van der Waals surface area contributed by atoms with Gasteiger partial charge in [-0.15, -0.1) is 11.3 Å². The summed E-state index contributed by atoms with van der Waals surface area (Å²) >= 11 is 4.87. The van der Waals surface area contributed by atoms with Crippen molar-refractivity contribution in [1.29, 1.82) is 0 Å². The first-order chi connectivity index (χ1) is 13.3. The predicted octanol–water partition coefficient (Wildman–Crippen LogP) is 6.29. The Labute approximate surface area is 170 Å². The summed E-state index contributed by atoms with van der Waals surface area (Å²) in [6.07, 6.45) is 3.67. The van der Waals surface area contributed by atoms with Gasteiger partial charge in [-0.25, -0.2) is 15.0 Å². The van der Waals surface area contributed by atoms with E-state index in [0.29, 0.717) is 0 Å². The second-order valence-corrected chi connectivity index (χ2v) is 8.69. The number of pyridine rings is 2. The highest BCUT2D eigenvalue weighted by Crippen LogP contribution is 2.37. The second kappa shape index (κ2) is 8.56. The Morgan fingerprint density at radius 1 is 0.926 bits per heavy atom. The zero-order valence-corrected chi connectivity index (χ0v) is 16.9. The van der Waals surface area contributed by atoms with Crippen molar-refractivity contribution < 1.29 is 0 Å². The topological polar surface area (TPSA) is 50.7 Å². The number of aromatic nitrogens is 3. The number of anilines is 2. The zero-order valence-electron chi connectivity index (χ0n) is 14.5.